The number of hydrogen-bond acceptors (Lipinski definition) is 4. The molecule has 0 saturated carbocycles. The van der Waals surface area contributed by atoms with Gasteiger partial charge in [-0.3, -0.25) is 4.79 Å². The van der Waals surface area contributed by atoms with E-state index in [1.165, 1.54) is 12.5 Å². The first-order valence-corrected chi connectivity index (χ1v) is 10.0. The summed E-state index contributed by atoms with van der Waals surface area (Å²) in [5.41, 5.74) is 8.72. The van der Waals surface area contributed by atoms with Crippen molar-refractivity contribution in [3.63, 3.8) is 0 Å². The van der Waals surface area contributed by atoms with Crippen LogP contribution in [0.5, 0.6) is 0 Å². The molecule has 6 heteroatoms. The number of carboxylic acids is 1. The van der Waals surface area contributed by atoms with E-state index in [0.29, 0.717) is 24.2 Å². The summed E-state index contributed by atoms with van der Waals surface area (Å²) in [6, 6.07) is 8.78. The fourth-order valence-corrected chi connectivity index (χ4v) is 3.05. The Morgan fingerprint density at radius 1 is 1.21 bits per heavy atom. The van der Waals surface area contributed by atoms with Gasteiger partial charge in [0, 0.05) is 25.4 Å². The highest BCUT2D eigenvalue weighted by atomic mass is 16.4. The number of nitrogens with zero attached hydrogens (tertiary/aromatic N) is 2. The average molecular weight is 400 g/mol. The fraction of sp³-hybridized carbons (Fsp3) is 0.435. The zero-order valence-corrected chi connectivity index (χ0v) is 18.3. The summed E-state index contributed by atoms with van der Waals surface area (Å²) in [5.74, 6) is 0.550. The molecule has 0 spiro atoms. The lowest BCUT2D eigenvalue weighted by Gasteiger charge is -2.32. The average Bonchev–Trinajstić information content (AvgIpc) is 2.69. The van der Waals surface area contributed by atoms with Gasteiger partial charge in [-0.1, -0.05) is 40.7 Å². The van der Waals surface area contributed by atoms with Gasteiger partial charge in [0.15, 0.2) is 0 Å². The molecule has 29 heavy (non-hydrogen) atoms. The molecule has 0 radical (unpaired) electrons. The van der Waals surface area contributed by atoms with Crippen LogP contribution in [0.25, 0.3) is 0 Å². The Balaban J connectivity index is 0.000000299. The number of pyridine rings is 1. The molecule has 0 bridgehead atoms. The van der Waals surface area contributed by atoms with Crippen LogP contribution in [0, 0.1) is 5.92 Å². The Morgan fingerprint density at radius 2 is 1.86 bits per heavy atom. The molecule has 1 aromatic carbocycles. The summed E-state index contributed by atoms with van der Waals surface area (Å²) in [5, 5.41) is 8.95. The minimum Gasteiger partial charge on any atom is -0.478 e. The third-order valence-electron chi connectivity index (χ3n) is 4.54. The van der Waals surface area contributed by atoms with E-state index >= 15 is 0 Å². The van der Waals surface area contributed by atoms with Crippen LogP contribution in [0.4, 0.5) is 11.5 Å². The molecule has 158 valence electrons. The number of aromatic carboxylic acids is 1. The molecule has 1 atom stereocenters. The highest BCUT2D eigenvalue weighted by molar-refractivity contribution is 5.94. The van der Waals surface area contributed by atoms with Crippen molar-refractivity contribution in [1.29, 1.82) is 0 Å². The van der Waals surface area contributed by atoms with Gasteiger partial charge in [-0.05, 0) is 53.6 Å². The van der Waals surface area contributed by atoms with Gasteiger partial charge in [-0.2, -0.15) is 0 Å². The lowest BCUT2D eigenvalue weighted by molar-refractivity contribution is -0.116. The van der Waals surface area contributed by atoms with Gasteiger partial charge in [0.2, 0.25) is 5.91 Å². The molecular weight excluding hydrogens is 366 g/mol. The largest absolute Gasteiger partial charge is 0.478 e. The number of aromatic nitrogens is 1. The smallest absolute Gasteiger partial charge is 0.335 e. The van der Waals surface area contributed by atoms with Crippen molar-refractivity contribution in [3.8, 4) is 0 Å². The van der Waals surface area contributed by atoms with Gasteiger partial charge < -0.3 is 15.7 Å². The van der Waals surface area contributed by atoms with Crippen molar-refractivity contribution in [2.45, 2.75) is 53.9 Å². The van der Waals surface area contributed by atoms with Crippen LogP contribution >= 0.6 is 0 Å². The predicted octanol–water partition coefficient (Wildman–Crippen LogP) is 4.74. The predicted molar refractivity (Wildman–Crippen MR) is 118 cm³/mol. The van der Waals surface area contributed by atoms with Crippen molar-refractivity contribution in [3.05, 3.63) is 53.2 Å². The second kappa shape index (κ2) is 11.2. The molecule has 0 fully saturated rings. The minimum absolute atomic E-state index is 0.000810. The maximum atomic E-state index is 11.5. The minimum atomic E-state index is -0.930. The lowest BCUT2D eigenvalue weighted by Crippen LogP contribution is -2.37. The lowest BCUT2D eigenvalue weighted by atomic mass is 9.92. The van der Waals surface area contributed by atoms with Crippen LogP contribution in [0.2, 0.25) is 0 Å². The zero-order valence-electron chi connectivity index (χ0n) is 18.3. The summed E-state index contributed by atoms with van der Waals surface area (Å²) < 4.78 is 0. The molecule has 1 amide bonds. The van der Waals surface area contributed by atoms with E-state index in [1.807, 2.05) is 32.2 Å². The summed E-state index contributed by atoms with van der Waals surface area (Å²) >= 11 is 0. The fourth-order valence-electron chi connectivity index (χ4n) is 3.05. The Bertz CT molecular complexity index is 817. The second-order valence-electron chi connectivity index (χ2n) is 7.26. The second-order valence-corrected chi connectivity index (χ2v) is 7.26. The highest BCUT2D eigenvalue weighted by Gasteiger charge is 2.25. The molecule has 2 heterocycles. The molecule has 6 nitrogen and oxygen atoms in total. The standard InChI is InChI=1S/C13H15NO3.C8H12N2.C2H6/c1-8-5-11-6-10(13(16)17)3-4-12(11)14(7-8)9(2)15;1-6(2)7-3-4-8(9)10-5-7;1-2/h3-4,6,8H,5,7H2,1-2H3,(H,16,17);3-6H,1-2H3,(H2,9,10);1-2H3. The van der Waals surface area contributed by atoms with E-state index in [1.54, 1.807) is 23.1 Å². The molecule has 2 aromatic rings. The first-order valence-electron chi connectivity index (χ1n) is 10.0. The number of fused-ring (bicyclic) bond motifs is 1. The van der Waals surface area contributed by atoms with Gasteiger partial charge in [0.25, 0.3) is 0 Å². The number of anilines is 2. The number of carboxylic acid groups (broad SMARTS) is 1. The molecule has 3 rings (SSSR count). The number of amides is 1. The first-order chi connectivity index (χ1) is 13.7. The Hall–Kier alpha value is -2.89. The van der Waals surface area contributed by atoms with Crippen molar-refractivity contribution in [1.82, 2.24) is 4.98 Å². The molecular formula is C23H33N3O3. The maximum absolute atomic E-state index is 11.5. The van der Waals surface area contributed by atoms with Crippen LogP contribution in [-0.2, 0) is 11.2 Å². The summed E-state index contributed by atoms with van der Waals surface area (Å²) in [6.07, 6.45) is 2.64. The summed E-state index contributed by atoms with van der Waals surface area (Å²) in [7, 11) is 0. The van der Waals surface area contributed by atoms with E-state index in [4.69, 9.17) is 10.8 Å². The molecule has 0 aliphatic carbocycles. The monoisotopic (exact) mass is 399 g/mol. The number of benzene rings is 1. The third-order valence-corrected chi connectivity index (χ3v) is 4.54. The van der Waals surface area contributed by atoms with E-state index in [0.717, 1.165) is 17.7 Å². The number of rotatable bonds is 2. The SMILES string of the molecule is CC.CC(=O)N1CC(C)Cc2cc(C(=O)O)ccc21.CC(C)c1ccc(N)nc1. The molecule has 0 saturated heterocycles. The molecule has 1 unspecified atom stereocenters. The summed E-state index contributed by atoms with van der Waals surface area (Å²) in [4.78, 5) is 28.1. The number of carbonyl (C=O) groups is 2. The van der Waals surface area contributed by atoms with E-state index in [9.17, 15) is 9.59 Å². The normalized spacial score (nSPS) is 14.7. The molecule has 1 aliphatic heterocycles. The van der Waals surface area contributed by atoms with Gasteiger partial charge in [-0.15, -0.1) is 0 Å². The van der Waals surface area contributed by atoms with Crippen LogP contribution in [-0.4, -0.2) is 28.5 Å². The molecule has 3 N–H and O–H groups in total. The topological polar surface area (TPSA) is 96.5 Å². The number of hydrogen-bond donors (Lipinski definition) is 2. The van der Waals surface area contributed by atoms with Gasteiger partial charge >= 0.3 is 5.97 Å². The van der Waals surface area contributed by atoms with Crippen LogP contribution in [0.3, 0.4) is 0 Å². The third kappa shape index (κ3) is 6.89. The van der Waals surface area contributed by atoms with Gasteiger partial charge in [0.1, 0.15) is 5.82 Å². The molecule has 1 aromatic heterocycles. The van der Waals surface area contributed by atoms with Crippen LogP contribution in [0.15, 0.2) is 36.5 Å². The van der Waals surface area contributed by atoms with E-state index in [-0.39, 0.29) is 11.5 Å². The van der Waals surface area contributed by atoms with Crippen molar-refractivity contribution in [2.24, 2.45) is 5.92 Å². The van der Waals surface area contributed by atoms with E-state index < -0.39 is 5.97 Å². The van der Waals surface area contributed by atoms with E-state index in [2.05, 4.69) is 25.8 Å². The van der Waals surface area contributed by atoms with Crippen molar-refractivity contribution in [2.75, 3.05) is 17.2 Å². The van der Waals surface area contributed by atoms with Gasteiger partial charge in [-0.25, -0.2) is 9.78 Å². The van der Waals surface area contributed by atoms with Crippen molar-refractivity contribution >= 4 is 23.4 Å². The Labute approximate surface area is 173 Å². The zero-order chi connectivity index (χ0) is 22.1. The first kappa shape index (κ1) is 24.1. The van der Waals surface area contributed by atoms with Gasteiger partial charge in [0.05, 0.1) is 5.56 Å². The Kier molecular flexibility index (Phi) is 9.32. The van der Waals surface area contributed by atoms with Crippen molar-refractivity contribution < 1.29 is 14.7 Å². The number of nitrogens with two attached hydrogens (primary N) is 1. The quantitative estimate of drug-likeness (QED) is 0.760. The number of carbonyl (C=O) groups excluding carboxylic acids is 1. The highest BCUT2D eigenvalue weighted by Crippen LogP contribution is 2.30. The van der Waals surface area contributed by atoms with Crippen LogP contribution in [0.1, 0.15) is 68.9 Å². The van der Waals surface area contributed by atoms with Crippen LogP contribution < -0.4 is 10.6 Å². The Morgan fingerprint density at radius 3 is 2.34 bits per heavy atom. The maximum Gasteiger partial charge on any atom is 0.335 e. The summed E-state index contributed by atoms with van der Waals surface area (Å²) in [6.45, 7) is 12.6. The molecule has 1 aliphatic rings. The number of nitrogen functional groups attached to an aromatic ring is 1.